The molecule has 0 aliphatic rings. The van der Waals surface area contributed by atoms with Crippen molar-refractivity contribution in [1.29, 1.82) is 0 Å². The minimum absolute atomic E-state index is 0.0936. The van der Waals surface area contributed by atoms with Crippen LogP contribution in [-0.4, -0.2) is 36.6 Å². The van der Waals surface area contributed by atoms with Gasteiger partial charge in [-0.25, -0.2) is 5.48 Å². The van der Waals surface area contributed by atoms with Gasteiger partial charge in [0.2, 0.25) is 11.8 Å². The average molecular weight is 552 g/mol. The lowest BCUT2D eigenvalue weighted by Crippen LogP contribution is -2.31. The van der Waals surface area contributed by atoms with Crippen molar-refractivity contribution in [3.8, 4) is 5.75 Å². The molecule has 0 heterocycles. The average Bonchev–Trinajstić information content (AvgIpc) is 2.96. The van der Waals surface area contributed by atoms with Crippen LogP contribution in [0.2, 0.25) is 5.02 Å². The van der Waals surface area contributed by atoms with E-state index in [2.05, 4.69) is 5.32 Å². The largest absolute Gasteiger partial charge is 0.495 e. The van der Waals surface area contributed by atoms with Crippen LogP contribution in [0.1, 0.15) is 53.6 Å². The molecule has 0 bridgehead atoms. The molecule has 0 unspecified atom stereocenters. The fraction of sp³-hybridized carbons (Fsp3) is 0.300. The Kier molecular flexibility index (Phi) is 11.8. The monoisotopic (exact) mass is 551 g/mol. The number of nitrogens with zero attached hydrogens (tertiary/aromatic N) is 1. The van der Waals surface area contributed by atoms with Crippen molar-refractivity contribution in [3.05, 3.63) is 94.5 Å². The number of rotatable bonds is 14. The first-order chi connectivity index (χ1) is 18.9. The molecular weight excluding hydrogens is 518 g/mol. The number of ether oxygens (including phenoxy) is 1. The standard InChI is InChI=1S/C30H34ClN3O5/c1-39-27-11-6-5-10-26(27)34(29(36)13-4-2-3-12-28(35)33-38)21-23-8-7-9-24(20-23)30(37)32-19-18-22-14-16-25(31)17-15-22/h5-11,14-17,20,38H,2-4,12-13,18-19,21H2,1H3,(H,32,37)(H,33,35). The summed E-state index contributed by atoms with van der Waals surface area (Å²) in [6.07, 6.45) is 3.01. The number of para-hydroxylation sites is 2. The number of carbonyl (C=O) groups excluding carboxylic acids is 3. The van der Waals surface area contributed by atoms with Crippen molar-refractivity contribution in [3.63, 3.8) is 0 Å². The first-order valence-corrected chi connectivity index (χ1v) is 13.3. The highest BCUT2D eigenvalue weighted by molar-refractivity contribution is 6.30. The van der Waals surface area contributed by atoms with E-state index in [1.54, 1.807) is 41.8 Å². The molecule has 3 N–H and O–H groups in total. The molecule has 3 rings (SSSR count). The summed E-state index contributed by atoms with van der Waals surface area (Å²) >= 11 is 5.93. The zero-order valence-corrected chi connectivity index (χ0v) is 22.7. The Morgan fingerprint density at radius 2 is 1.64 bits per heavy atom. The summed E-state index contributed by atoms with van der Waals surface area (Å²) in [5.74, 6) is -0.149. The van der Waals surface area contributed by atoms with E-state index in [4.69, 9.17) is 21.5 Å². The lowest BCUT2D eigenvalue weighted by molar-refractivity contribution is -0.129. The normalized spacial score (nSPS) is 10.5. The zero-order valence-electron chi connectivity index (χ0n) is 22.0. The lowest BCUT2D eigenvalue weighted by atomic mass is 10.1. The third-order valence-electron chi connectivity index (χ3n) is 6.24. The van der Waals surface area contributed by atoms with Gasteiger partial charge < -0.3 is 15.0 Å². The highest BCUT2D eigenvalue weighted by atomic mass is 35.5. The molecule has 0 fully saturated rings. The van der Waals surface area contributed by atoms with E-state index in [1.807, 2.05) is 48.5 Å². The number of hydrogen-bond donors (Lipinski definition) is 3. The van der Waals surface area contributed by atoms with Crippen molar-refractivity contribution < 1.29 is 24.3 Å². The SMILES string of the molecule is COc1ccccc1N(Cc1cccc(C(=O)NCCc2ccc(Cl)cc2)c1)C(=O)CCCCCC(=O)NO. The second-order valence-electron chi connectivity index (χ2n) is 9.08. The Labute approximate surface area is 233 Å². The van der Waals surface area contributed by atoms with Crippen LogP contribution in [0.5, 0.6) is 5.75 Å². The van der Waals surface area contributed by atoms with Gasteiger partial charge in [0, 0.05) is 30.0 Å². The van der Waals surface area contributed by atoms with Crippen molar-refractivity contribution in [1.82, 2.24) is 10.8 Å². The second kappa shape index (κ2) is 15.5. The molecule has 39 heavy (non-hydrogen) atoms. The minimum Gasteiger partial charge on any atom is -0.495 e. The Hall–Kier alpha value is -3.88. The highest BCUT2D eigenvalue weighted by Crippen LogP contribution is 2.30. The molecule has 3 aromatic rings. The summed E-state index contributed by atoms with van der Waals surface area (Å²) in [4.78, 5) is 39.0. The van der Waals surface area contributed by atoms with Gasteiger partial charge in [-0.1, -0.05) is 54.4 Å². The topological polar surface area (TPSA) is 108 Å². The van der Waals surface area contributed by atoms with Gasteiger partial charge in [-0.15, -0.1) is 0 Å². The number of methoxy groups -OCH3 is 1. The molecule has 0 spiro atoms. The summed E-state index contributed by atoms with van der Waals surface area (Å²) in [5.41, 5.74) is 4.65. The molecule has 0 radical (unpaired) electrons. The summed E-state index contributed by atoms with van der Waals surface area (Å²) in [7, 11) is 1.56. The first-order valence-electron chi connectivity index (χ1n) is 12.9. The Morgan fingerprint density at radius 3 is 2.38 bits per heavy atom. The zero-order chi connectivity index (χ0) is 28.0. The molecule has 0 aromatic heterocycles. The number of unbranched alkanes of at least 4 members (excludes halogenated alkanes) is 2. The van der Waals surface area contributed by atoms with Gasteiger partial charge in [0.05, 0.1) is 19.3 Å². The van der Waals surface area contributed by atoms with E-state index >= 15 is 0 Å². The second-order valence-corrected chi connectivity index (χ2v) is 9.52. The van der Waals surface area contributed by atoms with Crippen LogP contribution in [0.25, 0.3) is 0 Å². The third kappa shape index (κ3) is 9.42. The molecule has 0 saturated carbocycles. The number of benzene rings is 3. The maximum Gasteiger partial charge on any atom is 0.251 e. The predicted molar refractivity (Wildman–Crippen MR) is 151 cm³/mol. The van der Waals surface area contributed by atoms with E-state index in [0.717, 1.165) is 11.1 Å². The summed E-state index contributed by atoms with van der Waals surface area (Å²) in [6, 6.07) is 22.1. The van der Waals surface area contributed by atoms with E-state index in [9.17, 15) is 14.4 Å². The molecule has 0 aliphatic heterocycles. The molecular formula is C30H34ClN3O5. The van der Waals surface area contributed by atoms with Crippen molar-refractivity contribution in [2.45, 2.75) is 45.1 Å². The van der Waals surface area contributed by atoms with Crippen LogP contribution in [0, 0.1) is 0 Å². The number of anilines is 1. The van der Waals surface area contributed by atoms with Crippen LogP contribution >= 0.6 is 11.6 Å². The Balaban J connectivity index is 1.66. The van der Waals surface area contributed by atoms with E-state index in [-0.39, 0.29) is 31.2 Å². The summed E-state index contributed by atoms with van der Waals surface area (Å²) in [5, 5.41) is 12.2. The molecule has 206 valence electrons. The number of amides is 3. The van der Waals surface area contributed by atoms with E-state index in [0.29, 0.717) is 54.3 Å². The van der Waals surface area contributed by atoms with Crippen LogP contribution in [-0.2, 0) is 22.6 Å². The fourth-order valence-corrected chi connectivity index (χ4v) is 4.28. The maximum atomic E-state index is 13.3. The van der Waals surface area contributed by atoms with Crippen molar-refractivity contribution >= 4 is 35.0 Å². The molecule has 0 atom stereocenters. The summed E-state index contributed by atoms with van der Waals surface area (Å²) in [6.45, 7) is 0.745. The predicted octanol–water partition coefficient (Wildman–Crippen LogP) is 5.31. The number of hydrogen-bond acceptors (Lipinski definition) is 5. The van der Waals surface area contributed by atoms with Gasteiger partial charge in [-0.05, 0) is 66.8 Å². The molecule has 3 aromatic carbocycles. The van der Waals surface area contributed by atoms with Gasteiger partial charge in [0.15, 0.2) is 0 Å². The third-order valence-corrected chi connectivity index (χ3v) is 6.49. The number of halogens is 1. The van der Waals surface area contributed by atoms with E-state index in [1.165, 1.54) is 0 Å². The van der Waals surface area contributed by atoms with Crippen LogP contribution in [0.3, 0.4) is 0 Å². The lowest BCUT2D eigenvalue weighted by Gasteiger charge is -2.25. The molecule has 0 saturated heterocycles. The van der Waals surface area contributed by atoms with Crippen LogP contribution in [0.15, 0.2) is 72.8 Å². The maximum absolute atomic E-state index is 13.3. The fourth-order valence-electron chi connectivity index (χ4n) is 4.16. The van der Waals surface area contributed by atoms with Crippen LogP contribution < -0.4 is 20.4 Å². The molecule has 8 nitrogen and oxygen atoms in total. The number of hydroxylamine groups is 1. The summed E-state index contributed by atoms with van der Waals surface area (Å²) < 4.78 is 5.51. The van der Waals surface area contributed by atoms with Crippen molar-refractivity contribution in [2.24, 2.45) is 0 Å². The molecule has 9 heteroatoms. The van der Waals surface area contributed by atoms with Crippen molar-refractivity contribution in [2.75, 3.05) is 18.6 Å². The van der Waals surface area contributed by atoms with Gasteiger partial charge in [-0.2, -0.15) is 0 Å². The molecule has 3 amide bonds. The highest BCUT2D eigenvalue weighted by Gasteiger charge is 2.20. The first kappa shape index (κ1) is 29.7. The van der Waals surface area contributed by atoms with E-state index < -0.39 is 5.91 Å². The minimum atomic E-state index is -0.439. The van der Waals surface area contributed by atoms with Gasteiger partial charge in [0.25, 0.3) is 5.91 Å². The van der Waals surface area contributed by atoms with Gasteiger partial charge in [-0.3, -0.25) is 19.6 Å². The van der Waals surface area contributed by atoms with Crippen LogP contribution in [0.4, 0.5) is 5.69 Å². The quantitative estimate of drug-likeness (QED) is 0.143. The number of nitrogens with one attached hydrogen (secondary N) is 2. The Morgan fingerprint density at radius 1 is 0.897 bits per heavy atom. The van der Waals surface area contributed by atoms with Gasteiger partial charge in [0.1, 0.15) is 5.75 Å². The number of carbonyl (C=O) groups is 3. The Bertz CT molecular complexity index is 1250. The van der Waals surface area contributed by atoms with Gasteiger partial charge >= 0.3 is 0 Å². The smallest absolute Gasteiger partial charge is 0.251 e. The molecule has 0 aliphatic carbocycles.